The molecule has 1 aromatic carbocycles. The highest BCUT2D eigenvalue weighted by Gasteiger charge is 2.34. The quantitative estimate of drug-likeness (QED) is 0.804. The van der Waals surface area contributed by atoms with Crippen LogP contribution in [0.4, 0.5) is 0 Å². The summed E-state index contributed by atoms with van der Waals surface area (Å²) in [5, 5.41) is 10.6. The Labute approximate surface area is 160 Å². The standard InChI is InChI=1S/C19H26N4O2.ClH/c1-13-4-5-14(8-18(13)25-3)6-7-21-19(24)17-11-20-10-16(17)15-9-22-23(2)12-15;/h4-5,8-9,12,16-17,20H,6-7,10-11H2,1-3H3,(H,21,24);1H/t16-,17+;/m1./s1. The van der Waals surface area contributed by atoms with E-state index in [9.17, 15) is 4.79 Å². The smallest absolute Gasteiger partial charge is 0.225 e. The van der Waals surface area contributed by atoms with E-state index in [0.29, 0.717) is 13.1 Å². The molecule has 2 atom stereocenters. The van der Waals surface area contributed by atoms with Crippen LogP contribution in [-0.4, -0.2) is 42.4 Å². The van der Waals surface area contributed by atoms with Crippen LogP contribution in [0.15, 0.2) is 30.6 Å². The van der Waals surface area contributed by atoms with Gasteiger partial charge in [0.1, 0.15) is 5.75 Å². The van der Waals surface area contributed by atoms with Gasteiger partial charge in [0.25, 0.3) is 0 Å². The van der Waals surface area contributed by atoms with E-state index in [-0.39, 0.29) is 30.2 Å². The molecule has 0 radical (unpaired) electrons. The SMILES string of the molecule is COc1cc(CCNC(=O)[C@H]2CNC[C@@H]2c2cnn(C)c2)ccc1C.Cl. The fraction of sp³-hybridized carbons (Fsp3) is 0.474. The number of aryl methyl sites for hydroxylation is 2. The number of nitrogens with zero attached hydrogens (tertiary/aromatic N) is 2. The molecule has 0 bridgehead atoms. The Balaban J connectivity index is 0.00000243. The van der Waals surface area contributed by atoms with Gasteiger partial charge in [0, 0.05) is 38.8 Å². The highest BCUT2D eigenvalue weighted by atomic mass is 35.5. The number of hydrogen-bond donors (Lipinski definition) is 2. The summed E-state index contributed by atoms with van der Waals surface area (Å²) in [4.78, 5) is 12.6. The molecule has 6 nitrogen and oxygen atoms in total. The Kier molecular flexibility index (Phi) is 7.06. The molecule has 7 heteroatoms. The van der Waals surface area contributed by atoms with E-state index in [4.69, 9.17) is 4.74 Å². The molecule has 2 heterocycles. The van der Waals surface area contributed by atoms with E-state index in [0.717, 1.165) is 35.4 Å². The maximum Gasteiger partial charge on any atom is 0.225 e. The first-order valence-electron chi connectivity index (χ1n) is 8.69. The maximum absolute atomic E-state index is 12.6. The van der Waals surface area contributed by atoms with Crippen molar-refractivity contribution in [3.63, 3.8) is 0 Å². The Morgan fingerprint density at radius 2 is 2.23 bits per heavy atom. The molecule has 0 unspecified atom stereocenters. The second kappa shape index (κ2) is 9.05. The number of carbonyl (C=O) groups excluding carboxylic acids is 1. The molecule has 2 aromatic rings. The van der Waals surface area contributed by atoms with Crippen LogP contribution in [0.25, 0.3) is 0 Å². The topological polar surface area (TPSA) is 68.2 Å². The van der Waals surface area contributed by atoms with Crippen molar-refractivity contribution >= 4 is 18.3 Å². The van der Waals surface area contributed by atoms with Gasteiger partial charge in [-0.3, -0.25) is 9.48 Å². The molecule has 3 rings (SSSR count). The summed E-state index contributed by atoms with van der Waals surface area (Å²) in [5.41, 5.74) is 3.40. The van der Waals surface area contributed by atoms with Crippen LogP contribution in [0.1, 0.15) is 22.6 Å². The third-order valence-electron chi connectivity index (χ3n) is 4.89. The number of rotatable bonds is 6. The van der Waals surface area contributed by atoms with E-state index >= 15 is 0 Å². The van der Waals surface area contributed by atoms with Gasteiger partial charge in [-0.15, -0.1) is 12.4 Å². The van der Waals surface area contributed by atoms with Crippen molar-refractivity contribution in [1.82, 2.24) is 20.4 Å². The number of amides is 1. The Hall–Kier alpha value is -2.05. The maximum atomic E-state index is 12.6. The van der Waals surface area contributed by atoms with Gasteiger partial charge in [0.05, 0.1) is 19.2 Å². The number of nitrogens with one attached hydrogen (secondary N) is 2. The summed E-state index contributed by atoms with van der Waals surface area (Å²) in [5.74, 6) is 1.14. The Bertz CT molecular complexity index is 747. The lowest BCUT2D eigenvalue weighted by Crippen LogP contribution is -2.35. The van der Waals surface area contributed by atoms with Crippen molar-refractivity contribution in [2.24, 2.45) is 13.0 Å². The van der Waals surface area contributed by atoms with Gasteiger partial charge in [-0.05, 0) is 36.1 Å². The largest absolute Gasteiger partial charge is 0.496 e. The summed E-state index contributed by atoms with van der Waals surface area (Å²) in [6.07, 6.45) is 4.65. The number of benzene rings is 1. The number of carbonyl (C=O) groups is 1. The van der Waals surface area contributed by atoms with Crippen molar-refractivity contribution in [3.05, 3.63) is 47.3 Å². The van der Waals surface area contributed by atoms with Gasteiger partial charge < -0.3 is 15.4 Å². The third-order valence-corrected chi connectivity index (χ3v) is 4.89. The van der Waals surface area contributed by atoms with Gasteiger partial charge in [-0.1, -0.05) is 12.1 Å². The van der Waals surface area contributed by atoms with Crippen LogP contribution in [0, 0.1) is 12.8 Å². The fourth-order valence-electron chi connectivity index (χ4n) is 3.42. The lowest BCUT2D eigenvalue weighted by atomic mass is 9.90. The second-order valence-corrected chi connectivity index (χ2v) is 6.66. The number of ether oxygens (including phenoxy) is 1. The van der Waals surface area contributed by atoms with Crippen LogP contribution in [0.3, 0.4) is 0 Å². The molecule has 142 valence electrons. The molecule has 2 N–H and O–H groups in total. The zero-order valence-corrected chi connectivity index (χ0v) is 16.3. The fourth-order valence-corrected chi connectivity index (χ4v) is 3.42. The van der Waals surface area contributed by atoms with Crippen LogP contribution < -0.4 is 15.4 Å². The van der Waals surface area contributed by atoms with E-state index in [1.54, 1.807) is 11.8 Å². The van der Waals surface area contributed by atoms with E-state index < -0.39 is 0 Å². The third kappa shape index (κ3) is 4.56. The summed E-state index contributed by atoms with van der Waals surface area (Å²) in [6.45, 7) is 4.18. The molecule has 0 spiro atoms. The van der Waals surface area contributed by atoms with Gasteiger partial charge in [0.15, 0.2) is 0 Å². The van der Waals surface area contributed by atoms with E-state index in [1.165, 1.54) is 0 Å². The monoisotopic (exact) mass is 378 g/mol. The lowest BCUT2D eigenvalue weighted by molar-refractivity contribution is -0.124. The molecule has 1 aliphatic rings. The summed E-state index contributed by atoms with van der Waals surface area (Å²) >= 11 is 0. The first-order chi connectivity index (χ1) is 12.1. The van der Waals surface area contributed by atoms with Crippen LogP contribution in [0.2, 0.25) is 0 Å². The summed E-state index contributed by atoms with van der Waals surface area (Å²) in [7, 11) is 3.58. The van der Waals surface area contributed by atoms with Gasteiger partial charge in [0.2, 0.25) is 5.91 Å². The van der Waals surface area contributed by atoms with Crippen molar-refractivity contribution in [2.75, 3.05) is 26.7 Å². The molecule has 0 saturated carbocycles. The molecule has 26 heavy (non-hydrogen) atoms. The average Bonchev–Trinajstić information content (AvgIpc) is 3.24. The van der Waals surface area contributed by atoms with Crippen LogP contribution in [0.5, 0.6) is 5.75 Å². The number of methoxy groups -OCH3 is 1. The van der Waals surface area contributed by atoms with E-state index in [1.807, 2.05) is 32.4 Å². The number of hydrogen-bond acceptors (Lipinski definition) is 4. The lowest BCUT2D eigenvalue weighted by Gasteiger charge is -2.17. The predicted octanol–water partition coefficient (Wildman–Crippen LogP) is 1.82. The van der Waals surface area contributed by atoms with Gasteiger partial charge in [-0.2, -0.15) is 5.10 Å². The number of aromatic nitrogens is 2. The minimum Gasteiger partial charge on any atom is -0.496 e. The zero-order chi connectivity index (χ0) is 17.8. The van der Waals surface area contributed by atoms with Crippen molar-refractivity contribution in [1.29, 1.82) is 0 Å². The first kappa shape index (κ1) is 20.3. The van der Waals surface area contributed by atoms with E-state index in [2.05, 4.69) is 27.9 Å². The molecule has 1 saturated heterocycles. The second-order valence-electron chi connectivity index (χ2n) is 6.66. The molecule has 0 aliphatic carbocycles. The highest BCUT2D eigenvalue weighted by molar-refractivity contribution is 5.85. The molecule has 1 amide bonds. The first-order valence-corrected chi connectivity index (χ1v) is 8.69. The molecule has 1 aliphatic heterocycles. The van der Waals surface area contributed by atoms with Crippen LogP contribution in [-0.2, 0) is 18.3 Å². The van der Waals surface area contributed by atoms with Crippen molar-refractivity contribution in [2.45, 2.75) is 19.3 Å². The van der Waals surface area contributed by atoms with Gasteiger partial charge in [-0.25, -0.2) is 0 Å². The average molecular weight is 379 g/mol. The minimum atomic E-state index is -0.0447. The molecule has 1 fully saturated rings. The predicted molar refractivity (Wildman–Crippen MR) is 104 cm³/mol. The molecular weight excluding hydrogens is 352 g/mol. The molecule has 1 aromatic heterocycles. The Morgan fingerprint density at radius 3 is 2.92 bits per heavy atom. The summed E-state index contributed by atoms with van der Waals surface area (Å²) in [6, 6.07) is 6.17. The minimum absolute atomic E-state index is 0. The normalized spacial score (nSPS) is 19.0. The van der Waals surface area contributed by atoms with Gasteiger partial charge >= 0.3 is 0 Å². The number of halogens is 1. The van der Waals surface area contributed by atoms with Crippen molar-refractivity contribution < 1.29 is 9.53 Å². The Morgan fingerprint density at radius 1 is 1.42 bits per heavy atom. The summed E-state index contributed by atoms with van der Waals surface area (Å²) < 4.78 is 7.14. The van der Waals surface area contributed by atoms with Crippen molar-refractivity contribution in [3.8, 4) is 5.75 Å². The zero-order valence-electron chi connectivity index (χ0n) is 15.5. The molecular formula is C19H27ClN4O2. The highest BCUT2D eigenvalue weighted by Crippen LogP contribution is 2.27. The van der Waals surface area contributed by atoms with Crippen LogP contribution >= 0.6 is 12.4 Å².